The van der Waals surface area contributed by atoms with Crippen LogP contribution in [0.1, 0.15) is 57.9 Å². The Morgan fingerprint density at radius 1 is 1.00 bits per heavy atom. The molecule has 6 nitrogen and oxygen atoms in total. The van der Waals surface area contributed by atoms with Crippen molar-refractivity contribution in [3.8, 4) is 11.5 Å². The van der Waals surface area contributed by atoms with Gasteiger partial charge in [0.2, 0.25) is 6.79 Å². The lowest BCUT2D eigenvalue weighted by Gasteiger charge is -2.31. The third-order valence-corrected chi connectivity index (χ3v) is 6.38. The summed E-state index contributed by atoms with van der Waals surface area (Å²) in [6.07, 6.45) is 4.43. The number of aromatic nitrogens is 2. The predicted molar refractivity (Wildman–Crippen MR) is 92.3 cm³/mol. The maximum Gasteiger partial charge on any atom is 0.253 e. The smallest absolute Gasteiger partial charge is 0.253 e. The van der Waals surface area contributed by atoms with Crippen LogP contribution in [0.3, 0.4) is 0 Å². The van der Waals surface area contributed by atoms with E-state index in [1.165, 1.54) is 17.8 Å². The van der Waals surface area contributed by atoms with E-state index in [2.05, 4.69) is 10.2 Å². The summed E-state index contributed by atoms with van der Waals surface area (Å²) in [4.78, 5) is 14.7. The van der Waals surface area contributed by atoms with Gasteiger partial charge in [-0.3, -0.25) is 4.79 Å². The second-order valence-electron chi connectivity index (χ2n) is 6.89. The number of likely N-dealkylation sites (tertiary alicyclic amines) is 1. The number of carbonyl (C=O) groups is 1. The van der Waals surface area contributed by atoms with Gasteiger partial charge in [-0.1, -0.05) is 0 Å². The highest BCUT2D eigenvalue weighted by atomic mass is 32.1. The summed E-state index contributed by atoms with van der Waals surface area (Å²) in [7, 11) is 0. The first-order valence-electron chi connectivity index (χ1n) is 8.80. The summed E-state index contributed by atoms with van der Waals surface area (Å²) in [6, 6.07) is 5.40. The van der Waals surface area contributed by atoms with Crippen molar-refractivity contribution in [2.75, 3.05) is 19.9 Å². The molecular formula is C18H19N3O3S. The van der Waals surface area contributed by atoms with E-state index in [0.29, 0.717) is 28.9 Å². The molecule has 1 saturated carbocycles. The van der Waals surface area contributed by atoms with Crippen molar-refractivity contribution >= 4 is 17.2 Å². The quantitative estimate of drug-likeness (QED) is 0.844. The zero-order valence-electron chi connectivity index (χ0n) is 13.8. The van der Waals surface area contributed by atoms with Crippen LogP contribution in [-0.4, -0.2) is 40.9 Å². The van der Waals surface area contributed by atoms with E-state index in [9.17, 15) is 4.79 Å². The number of nitrogens with zero attached hydrogens (tertiary/aromatic N) is 3. The van der Waals surface area contributed by atoms with Gasteiger partial charge in [0, 0.05) is 30.5 Å². The monoisotopic (exact) mass is 357 g/mol. The molecule has 0 radical (unpaired) electrons. The highest BCUT2D eigenvalue weighted by Gasteiger charge is 2.31. The highest BCUT2D eigenvalue weighted by molar-refractivity contribution is 7.11. The zero-order valence-corrected chi connectivity index (χ0v) is 14.6. The molecule has 0 N–H and O–H groups in total. The largest absolute Gasteiger partial charge is 0.454 e. The summed E-state index contributed by atoms with van der Waals surface area (Å²) in [5, 5.41) is 11.1. The fourth-order valence-electron chi connectivity index (χ4n) is 3.45. The van der Waals surface area contributed by atoms with E-state index < -0.39 is 0 Å². The third kappa shape index (κ3) is 2.86. The number of amides is 1. The van der Waals surface area contributed by atoms with Gasteiger partial charge in [-0.25, -0.2) is 0 Å². The molecule has 130 valence electrons. The zero-order chi connectivity index (χ0) is 16.8. The van der Waals surface area contributed by atoms with Crippen molar-refractivity contribution < 1.29 is 14.3 Å². The first-order valence-corrected chi connectivity index (χ1v) is 9.62. The number of fused-ring (bicyclic) bond motifs is 1. The minimum atomic E-state index is 0.0627. The molecule has 3 heterocycles. The average Bonchev–Trinajstić information content (AvgIpc) is 3.20. The Morgan fingerprint density at radius 3 is 2.40 bits per heavy atom. The summed E-state index contributed by atoms with van der Waals surface area (Å²) in [5.74, 6) is 2.53. The summed E-state index contributed by atoms with van der Waals surface area (Å²) < 4.78 is 10.7. The van der Waals surface area contributed by atoms with Crippen LogP contribution in [0.4, 0.5) is 0 Å². The van der Waals surface area contributed by atoms with E-state index in [-0.39, 0.29) is 12.7 Å². The Kier molecular flexibility index (Phi) is 3.62. The van der Waals surface area contributed by atoms with Gasteiger partial charge in [0.25, 0.3) is 5.91 Å². The van der Waals surface area contributed by atoms with Gasteiger partial charge in [-0.15, -0.1) is 21.5 Å². The molecule has 1 aromatic carbocycles. The van der Waals surface area contributed by atoms with Crippen molar-refractivity contribution in [3.63, 3.8) is 0 Å². The molecule has 0 spiro atoms. The van der Waals surface area contributed by atoms with Crippen LogP contribution in [0, 0.1) is 0 Å². The second-order valence-corrected chi connectivity index (χ2v) is 7.93. The maximum absolute atomic E-state index is 12.7. The lowest BCUT2D eigenvalue weighted by atomic mass is 9.97. The molecule has 2 fully saturated rings. The SMILES string of the molecule is O=C(c1ccc2c(c1)OCO2)N1CCC(c2nnc(C3CC3)s2)CC1. The van der Waals surface area contributed by atoms with Crippen LogP contribution in [0.25, 0.3) is 0 Å². The van der Waals surface area contributed by atoms with E-state index in [4.69, 9.17) is 9.47 Å². The predicted octanol–water partition coefficient (Wildman–Crippen LogP) is 3.16. The van der Waals surface area contributed by atoms with Crippen molar-refractivity contribution in [3.05, 3.63) is 33.8 Å². The maximum atomic E-state index is 12.7. The Hall–Kier alpha value is -2.15. The number of ether oxygens (including phenoxy) is 2. The van der Waals surface area contributed by atoms with E-state index >= 15 is 0 Å². The second kappa shape index (κ2) is 5.98. The molecule has 7 heteroatoms. The first-order chi connectivity index (χ1) is 12.3. The van der Waals surface area contributed by atoms with Crippen molar-refractivity contribution in [2.24, 2.45) is 0 Å². The molecule has 0 bridgehead atoms. The highest BCUT2D eigenvalue weighted by Crippen LogP contribution is 2.43. The molecule has 5 rings (SSSR count). The Balaban J connectivity index is 1.24. The molecule has 0 unspecified atom stereocenters. The van der Waals surface area contributed by atoms with Crippen LogP contribution in [-0.2, 0) is 0 Å². The normalized spacial score (nSPS) is 20.1. The number of hydrogen-bond donors (Lipinski definition) is 0. The van der Waals surface area contributed by atoms with Gasteiger partial charge in [-0.2, -0.15) is 0 Å². The number of carbonyl (C=O) groups excluding carboxylic acids is 1. The number of rotatable bonds is 3. The molecule has 1 aliphatic carbocycles. The van der Waals surface area contributed by atoms with E-state index in [1.807, 2.05) is 17.0 Å². The van der Waals surface area contributed by atoms with Crippen LogP contribution in [0.2, 0.25) is 0 Å². The molecule has 25 heavy (non-hydrogen) atoms. The Bertz CT molecular complexity index is 810. The van der Waals surface area contributed by atoms with Crippen molar-refractivity contribution in [2.45, 2.75) is 37.5 Å². The van der Waals surface area contributed by atoms with Gasteiger partial charge in [0.15, 0.2) is 11.5 Å². The van der Waals surface area contributed by atoms with E-state index in [1.54, 1.807) is 17.4 Å². The van der Waals surface area contributed by atoms with Gasteiger partial charge in [0.05, 0.1) is 0 Å². The van der Waals surface area contributed by atoms with E-state index in [0.717, 1.165) is 30.9 Å². The molecule has 0 atom stereocenters. The van der Waals surface area contributed by atoms with Gasteiger partial charge in [-0.05, 0) is 43.9 Å². The first kappa shape index (κ1) is 15.1. The van der Waals surface area contributed by atoms with Crippen LogP contribution in [0.15, 0.2) is 18.2 Å². The number of hydrogen-bond acceptors (Lipinski definition) is 6. The molecule has 2 aliphatic heterocycles. The molecule has 2 aromatic rings. The van der Waals surface area contributed by atoms with Gasteiger partial charge >= 0.3 is 0 Å². The van der Waals surface area contributed by atoms with Crippen LogP contribution >= 0.6 is 11.3 Å². The fraction of sp³-hybridized carbons (Fsp3) is 0.500. The van der Waals surface area contributed by atoms with Gasteiger partial charge < -0.3 is 14.4 Å². The fourth-order valence-corrected chi connectivity index (χ4v) is 4.63. The minimum absolute atomic E-state index is 0.0627. The Labute approximate surface area is 149 Å². The average molecular weight is 357 g/mol. The van der Waals surface area contributed by atoms with Crippen LogP contribution in [0.5, 0.6) is 11.5 Å². The summed E-state index contributed by atoms with van der Waals surface area (Å²) in [5.41, 5.74) is 0.662. The molecule has 1 aromatic heterocycles. The van der Waals surface area contributed by atoms with Gasteiger partial charge in [0.1, 0.15) is 10.0 Å². The van der Waals surface area contributed by atoms with Crippen molar-refractivity contribution in [1.29, 1.82) is 0 Å². The lowest BCUT2D eigenvalue weighted by Crippen LogP contribution is -2.37. The van der Waals surface area contributed by atoms with Crippen LogP contribution < -0.4 is 9.47 Å². The summed E-state index contributed by atoms with van der Waals surface area (Å²) >= 11 is 1.77. The topological polar surface area (TPSA) is 64.6 Å². The minimum Gasteiger partial charge on any atom is -0.454 e. The number of benzene rings is 1. The molecule has 1 amide bonds. The lowest BCUT2D eigenvalue weighted by molar-refractivity contribution is 0.0712. The third-order valence-electron chi connectivity index (χ3n) is 5.13. The Morgan fingerprint density at radius 2 is 1.68 bits per heavy atom. The summed E-state index contributed by atoms with van der Waals surface area (Å²) in [6.45, 7) is 1.75. The molecular weight excluding hydrogens is 338 g/mol. The number of piperidine rings is 1. The van der Waals surface area contributed by atoms with Crippen molar-refractivity contribution in [1.82, 2.24) is 15.1 Å². The molecule has 3 aliphatic rings. The standard InChI is InChI=1S/C18H19N3O3S/c22-18(13-3-4-14-15(9-13)24-10-23-14)21-7-5-12(6-8-21)17-20-19-16(25-17)11-1-2-11/h3-4,9,11-12H,1-2,5-8,10H2. The molecule has 1 saturated heterocycles.